The van der Waals surface area contributed by atoms with Gasteiger partial charge in [0.15, 0.2) is 5.75 Å². The molecule has 1 aromatic carbocycles. The highest BCUT2D eigenvalue weighted by molar-refractivity contribution is 5.89. The number of rotatable bonds is 6. The first-order chi connectivity index (χ1) is 16.1. The number of hydrogen-bond donors (Lipinski definition) is 2. The molecule has 0 aliphatic carbocycles. The maximum absolute atomic E-state index is 13.3. The summed E-state index contributed by atoms with van der Waals surface area (Å²) in [5.41, 5.74) is 1.39. The van der Waals surface area contributed by atoms with Gasteiger partial charge in [0.1, 0.15) is 0 Å². The quantitative estimate of drug-likeness (QED) is 0.558. The summed E-state index contributed by atoms with van der Waals surface area (Å²) in [7, 11) is 3.63. The van der Waals surface area contributed by atoms with E-state index in [-0.39, 0.29) is 22.9 Å². The largest absolute Gasteiger partial charge is 0.573 e. The maximum atomic E-state index is 13.3. The smallest absolute Gasteiger partial charge is 0.478 e. The van der Waals surface area contributed by atoms with E-state index in [4.69, 9.17) is 0 Å². The van der Waals surface area contributed by atoms with Crippen molar-refractivity contribution < 1.29 is 27.8 Å². The Bertz CT molecular complexity index is 1190. The van der Waals surface area contributed by atoms with Gasteiger partial charge >= 0.3 is 12.3 Å². The van der Waals surface area contributed by atoms with Gasteiger partial charge in [-0.2, -0.15) is 0 Å². The normalized spacial score (nSPS) is 14.8. The van der Waals surface area contributed by atoms with Crippen molar-refractivity contribution in [3.8, 4) is 17.1 Å². The second kappa shape index (κ2) is 9.21. The molecule has 3 heterocycles. The van der Waals surface area contributed by atoms with Crippen LogP contribution in [-0.2, 0) is 7.05 Å². The van der Waals surface area contributed by atoms with E-state index in [9.17, 15) is 23.1 Å². The van der Waals surface area contributed by atoms with E-state index in [1.165, 1.54) is 24.5 Å². The summed E-state index contributed by atoms with van der Waals surface area (Å²) in [6, 6.07) is 7.73. The van der Waals surface area contributed by atoms with Crippen LogP contribution in [0.5, 0.6) is 5.75 Å². The number of carbonyl (C=O) groups is 1. The highest BCUT2D eigenvalue weighted by Gasteiger charge is 2.34. The topological polar surface area (TPSA) is 95.8 Å². The molecule has 0 spiro atoms. The predicted molar refractivity (Wildman–Crippen MR) is 120 cm³/mol. The van der Waals surface area contributed by atoms with Gasteiger partial charge in [0.25, 0.3) is 0 Å². The number of aromatic nitrogens is 3. The Kier molecular flexibility index (Phi) is 6.33. The van der Waals surface area contributed by atoms with Crippen molar-refractivity contribution in [1.29, 1.82) is 0 Å². The molecule has 9 nitrogen and oxygen atoms in total. The molecule has 2 N–H and O–H groups in total. The minimum Gasteiger partial charge on any atom is -0.478 e. The lowest BCUT2D eigenvalue weighted by atomic mass is 10.2. The van der Waals surface area contributed by atoms with Gasteiger partial charge in [-0.25, -0.2) is 14.8 Å². The van der Waals surface area contributed by atoms with Gasteiger partial charge in [-0.1, -0.05) is 6.07 Å². The Hall–Kier alpha value is -3.80. The van der Waals surface area contributed by atoms with Crippen molar-refractivity contribution in [3.63, 3.8) is 0 Å². The molecule has 1 aliphatic heterocycles. The number of aromatic carboxylic acids is 1. The summed E-state index contributed by atoms with van der Waals surface area (Å²) in [6.07, 6.45) is -2.01. The van der Waals surface area contributed by atoms with Gasteiger partial charge in [-0.3, -0.25) is 0 Å². The second-order valence-corrected chi connectivity index (χ2v) is 7.91. The number of para-hydroxylation sites is 1. The van der Waals surface area contributed by atoms with Crippen LogP contribution in [0.15, 0.2) is 42.7 Å². The summed E-state index contributed by atoms with van der Waals surface area (Å²) < 4.78 is 46.0. The molecule has 180 valence electrons. The van der Waals surface area contributed by atoms with Gasteiger partial charge < -0.3 is 29.5 Å². The summed E-state index contributed by atoms with van der Waals surface area (Å²) >= 11 is 0. The third-order valence-corrected chi connectivity index (χ3v) is 5.47. The average Bonchev–Trinajstić information content (AvgIpc) is 3.17. The van der Waals surface area contributed by atoms with Crippen molar-refractivity contribution in [3.05, 3.63) is 48.3 Å². The van der Waals surface area contributed by atoms with E-state index in [1.54, 1.807) is 29.8 Å². The number of ether oxygens (including phenoxy) is 1. The van der Waals surface area contributed by atoms with E-state index in [2.05, 4.69) is 24.9 Å². The third-order valence-electron chi connectivity index (χ3n) is 5.47. The molecule has 0 amide bonds. The summed E-state index contributed by atoms with van der Waals surface area (Å²) in [5.74, 6) is -1.40. The summed E-state index contributed by atoms with van der Waals surface area (Å²) in [5, 5.41) is 12.1. The molecule has 1 fully saturated rings. The van der Waals surface area contributed by atoms with Crippen LogP contribution < -0.4 is 15.0 Å². The van der Waals surface area contributed by atoms with Crippen LogP contribution in [0.1, 0.15) is 10.4 Å². The molecule has 34 heavy (non-hydrogen) atoms. The number of carboxylic acid groups (broad SMARTS) is 1. The lowest BCUT2D eigenvalue weighted by molar-refractivity contribution is -0.274. The zero-order chi connectivity index (χ0) is 24.5. The monoisotopic (exact) mass is 476 g/mol. The van der Waals surface area contributed by atoms with Crippen LogP contribution in [0.25, 0.3) is 11.4 Å². The second-order valence-electron chi connectivity index (χ2n) is 7.91. The number of nitrogens with zero attached hydrogens (tertiary/aromatic N) is 5. The van der Waals surface area contributed by atoms with Crippen molar-refractivity contribution >= 4 is 23.3 Å². The number of alkyl halides is 3. The molecule has 4 rings (SSSR count). The van der Waals surface area contributed by atoms with Crippen molar-refractivity contribution in [1.82, 2.24) is 19.4 Å². The van der Waals surface area contributed by atoms with Crippen molar-refractivity contribution in [2.24, 2.45) is 7.05 Å². The molecule has 0 atom stereocenters. The molecule has 3 aromatic rings. The standard InChI is InChI=1S/C22H23F3N6O3/c1-29-8-10-31(11-9-29)17-5-3-4-16(19(17)34-22(23,24)25)28-21-26-7-6-15(27-21)18-12-14(20(32)33)13-30(18)2/h3-7,12-13H,8-11H2,1-2H3,(H,32,33)(H,26,27,28). The van der Waals surface area contributed by atoms with Crippen LogP contribution in [-0.4, -0.2) is 70.1 Å². The third kappa shape index (κ3) is 5.22. The van der Waals surface area contributed by atoms with Crippen LogP contribution in [0, 0.1) is 0 Å². The number of anilines is 3. The Morgan fingerprint density at radius 1 is 1.15 bits per heavy atom. The number of likely N-dealkylation sites (N-methyl/N-ethyl adjacent to an activating group) is 1. The zero-order valence-electron chi connectivity index (χ0n) is 18.5. The van der Waals surface area contributed by atoms with Gasteiger partial charge in [0.2, 0.25) is 5.95 Å². The Morgan fingerprint density at radius 3 is 2.53 bits per heavy atom. The van der Waals surface area contributed by atoms with E-state index in [0.717, 1.165) is 0 Å². The highest BCUT2D eigenvalue weighted by atomic mass is 19.4. The predicted octanol–water partition coefficient (Wildman–Crippen LogP) is 3.57. The van der Waals surface area contributed by atoms with E-state index >= 15 is 0 Å². The van der Waals surface area contributed by atoms with Crippen molar-refractivity contribution in [2.45, 2.75) is 6.36 Å². The zero-order valence-corrected chi connectivity index (χ0v) is 18.5. The molecule has 2 aromatic heterocycles. The Balaban J connectivity index is 1.68. The lowest BCUT2D eigenvalue weighted by Crippen LogP contribution is -2.44. The number of benzene rings is 1. The first-order valence-electron chi connectivity index (χ1n) is 10.4. The molecular formula is C22H23F3N6O3. The van der Waals surface area contributed by atoms with Gasteiger partial charge in [-0.15, -0.1) is 13.2 Å². The van der Waals surface area contributed by atoms with Crippen molar-refractivity contribution in [2.75, 3.05) is 43.4 Å². The minimum atomic E-state index is -4.89. The van der Waals surface area contributed by atoms with Crippen LogP contribution in [0.3, 0.4) is 0 Å². The first kappa shape index (κ1) is 23.4. The fraction of sp³-hybridized carbons (Fsp3) is 0.318. The number of piperazine rings is 1. The van der Waals surface area contributed by atoms with E-state index in [0.29, 0.717) is 43.3 Å². The SMILES string of the molecule is CN1CCN(c2cccc(Nc3nccc(-c4cc(C(=O)O)cn4C)n3)c2OC(F)(F)F)CC1. The number of hydrogen-bond acceptors (Lipinski definition) is 7. The summed E-state index contributed by atoms with van der Waals surface area (Å²) in [6.45, 7) is 2.53. The molecule has 1 saturated heterocycles. The van der Waals surface area contributed by atoms with Crippen LogP contribution >= 0.6 is 0 Å². The maximum Gasteiger partial charge on any atom is 0.573 e. The molecular weight excluding hydrogens is 453 g/mol. The highest BCUT2D eigenvalue weighted by Crippen LogP contribution is 2.40. The van der Waals surface area contributed by atoms with Gasteiger partial charge in [0.05, 0.1) is 28.3 Å². The van der Waals surface area contributed by atoms with E-state index < -0.39 is 12.3 Å². The summed E-state index contributed by atoms with van der Waals surface area (Å²) in [4.78, 5) is 23.7. The average molecular weight is 476 g/mol. The number of aryl methyl sites for hydroxylation is 1. The lowest BCUT2D eigenvalue weighted by Gasteiger charge is -2.35. The number of nitrogens with one attached hydrogen (secondary N) is 1. The Labute approximate surface area is 193 Å². The van der Waals surface area contributed by atoms with Crippen LogP contribution in [0.2, 0.25) is 0 Å². The number of carboxylic acids is 1. The van der Waals surface area contributed by atoms with Crippen LogP contribution in [0.4, 0.5) is 30.5 Å². The Morgan fingerprint density at radius 2 is 1.88 bits per heavy atom. The first-order valence-corrected chi connectivity index (χ1v) is 10.4. The van der Waals surface area contributed by atoms with Gasteiger partial charge in [-0.05, 0) is 31.3 Å². The minimum absolute atomic E-state index is 0.0399. The molecule has 1 aliphatic rings. The number of halogens is 3. The molecule has 12 heteroatoms. The fourth-order valence-corrected chi connectivity index (χ4v) is 3.76. The van der Waals surface area contributed by atoms with Gasteiger partial charge in [0, 0.05) is 45.6 Å². The molecule has 0 saturated carbocycles. The molecule has 0 bridgehead atoms. The fourth-order valence-electron chi connectivity index (χ4n) is 3.76. The van der Waals surface area contributed by atoms with E-state index in [1.807, 2.05) is 11.9 Å². The molecule has 0 unspecified atom stereocenters. The molecule has 0 radical (unpaired) electrons.